The zero-order valence-corrected chi connectivity index (χ0v) is 31.1. The minimum atomic E-state index is 0. The predicted molar refractivity (Wildman–Crippen MR) is 204 cm³/mol. The van der Waals surface area contributed by atoms with E-state index in [1.54, 1.807) is 23.7 Å². The van der Waals surface area contributed by atoms with Gasteiger partial charge in [-0.15, -0.1) is 11.3 Å². The number of rotatable bonds is 3. The number of imidazole rings is 1. The van der Waals surface area contributed by atoms with Crippen LogP contribution in [0.2, 0.25) is 0 Å². The Morgan fingerprint density at radius 1 is 0.471 bits per heavy atom. The zero-order chi connectivity index (χ0) is 34.5. The summed E-state index contributed by atoms with van der Waals surface area (Å²) in [7, 11) is 0. The molecule has 8 nitrogen and oxygen atoms in total. The maximum absolute atomic E-state index is 4.82. The normalized spacial score (nSPS) is 10.6. The summed E-state index contributed by atoms with van der Waals surface area (Å²) in [6.07, 6.45) is 11.0. The third kappa shape index (κ3) is 8.09. The predicted octanol–water partition coefficient (Wildman–Crippen LogP) is 9.91. The Bertz CT molecular complexity index is 2250. The first-order chi connectivity index (χ1) is 24.4. The van der Waals surface area contributed by atoms with Gasteiger partial charge in [-0.2, -0.15) is 0 Å². The van der Waals surface area contributed by atoms with Gasteiger partial charge in [0.05, 0.1) is 49.7 Å². The summed E-state index contributed by atoms with van der Waals surface area (Å²) in [6.45, 7) is 8.11. The summed E-state index contributed by atoms with van der Waals surface area (Å²) < 4.78 is 0. The van der Waals surface area contributed by atoms with E-state index in [9.17, 15) is 0 Å². The van der Waals surface area contributed by atoms with Crippen molar-refractivity contribution in [2.24, 2.45) is 0 Å². The Kier molecular flexibility index (Phi) is 11.0. The van der Waals surface area contributed by atoms with Crippen molar-refractivity contribution in [1.29, 1.82) is 0 Å². The van der Waals surface area contributed by atoms with Crippen LogP contribution in [0.3, 0.4) is 0 Å². The molecule has 51 heavy (non-hydrogen) atoms. The van der Waals surface area contributed by atoms with Crippen LogP contribution in [0.4, 0.5) is 0 Å². The summed E-state index contributed by atoms with van der Waals surface area (Å²) in [5.74, 6) is 0.895. The van der Waals surface area contributed by atoms with Gasteiger partial charge in [-0.05, 0) is 110 Å². The number of nitrogens with zero attached hydrogens (tertiary/aromatic N) is 7. The van der Waals surface area contributed by atoms with Crippen LogP contribution in [0.15, 0.2) is 127 Å². The van der Waals surface area contributed by atoms with Gasteiger partial charge in [0, 0.05) is 67.4 Å². The maximum Gasteiger partial charge on any atom is 0.148 e. The monoisotopic (exact) mass is 772 g/mol. The second-order valence-corrected chi connectivity index (χ2v) is 12.9. The van der Waals surface area contributed by atoms with Crippen LogP contribution >= 0.6 is 11.3 Å². The number of pyridine rings is 6. The van der Waals surface area contributed by atoms with Gasteiger partial charge in [0.1, 0.15) is 5.82 Å². The number of H-pyrrole nitrogens is 1. The number of aromatic nitrogens is 8. The summed E-state index contributed by atoms with van der Waals surface area (Å²) in [5, 5.41) is 4.14. The maximum atomic E-state index is 4.82. The van der Waals surface area contributed by atoms with E-state index < -0.39 is 0 Å². The van der Waals surface area contributed by atoms with Gasteiger partial charge in [-0.25, -0.2) is 4.98 Å². The van der Waals surface area contributed by atoms with Gasteiger partial charge in [0.25, 0.3) is 0 Å². The Morgan fingerprint density at radius 3 is 1.33 bits per heavy atom. The van der Waals surface area contributed by atoms with E-state index >= 15 is 0 Å². The minimum absolute atomic E-state index is 0. The molecule has 8 aromatic heterocycles. The largest absolute Gasteiger partial charge is 0.337 e. The van der Waals surface area contributed by atoms with Gasteiger partial charge in [-0.3, -0.25) is 29.9 Å². The number of aryl methyl sites for hydroxylation is 4. The standard InChI is InChI=1S/C17H10N4S.2C12H12N2.Ru/c1-4-10-13(18-7-1)14-11(5-2-8-19-14)16-15(10)20-17(21-16)12-6-3-9-22-12;2*1-9-3-5-11(13-7-9)12-6-4-10(2)8-14-12;/h1-9H,(H,20,21);2*3-8H,1-2H3;. The number of hydrogen-bond donors (Lipinski definition) is 1. The van der Waals surface area contributed by atoms with Crippen molar-refractivity contribution in [1.82, 2.24) is 39.9 Å². The molecule has 0 amide bonds. The fraction of sp³-hybridized carbons (Fsp3) is 0.0976. The van der Waals surface area contributed by atoms with Crippen LogP contribution in [0.25, 0.3) is 66.3 Å². The van der Waals surface area contributed by atoms with E-state index in [1.165, 1.54) is 22.3 Å². The van der Waals surface area contributed by atoms with Crippen LogP contribution in [-0.4, -0.2) is 39.9 Å². The average molecular weight is 772 g/mol. The van der Waals surface area contributed by atoms with Crippen molar-refractivity contribution in [2.75, 3.05) is 0 Å². The van der Waals surface area contributed by atoms with E-state index in [0.29, 0.717) is 0 Å². The Morgan fingerprint density at radius 2 is 0.922 bits per heavy atom. The molecule has 9 aromatic rings. The van der Waals surface area contributed by atoms with Crippen LogP contribution in [0.1, 0.15) is 22.3 Å². The minimum Gasteiger partial charge on any atom is -0.337 e. The number of thiophene rings is 1. The van der Waals surface area contributed by atoms with Crippen LogP contribution < -0.4 is 0 Å². The van der Waals surface area contributed by atoms with Crippen molar-refractivity contribution in [3.63, 3.8) is 0 Å². The first-order valence-corrected chi connectivity index (χ1v) is 17.1. The summed E-state index contributed by atoms with van der Waals surface area (Å²) in [5.41, 5.74) is 12.2. The molecule has 0 bridgehead atoms. The smallest absolute Gasteiger partial charge is 0.148 e. The van der Waals surface area contributed by atoms with Gasteiger partial charge in [-0.1, -0.05) is 30.3 Å². The number of nitrogens with one attached hydrogen (secondary N) is 1. The molecule has 0 aliphatic rings. The summed E-state index contributed by atoms with van der Waals surface area (Å²) in [4.78, 5) is 35.7. The van der Waals surface area contributed by atoms with Crippen molar-refractivity contribution < 1.29 is 19.5 Å². The van der Waals surface area contributed by atoms with E-state index in [-0.39, 0.29) is 19.5 Å². The van der Waals surface area contributed by atoms with E-state index in [4.69, 9.17) is 4.98 Å². The zero-order valence-electron chi connectivity index (χ0n) is 28.5. The fourth-order valence-corrected chi connectivity index (χ4v) is 6.02. The Labute approximate surface area is 313 Å². The van der Waals surface area contributed by atoms with Gasteiger partial charge in [0.15, 0.2) is 0 Å². The summed E-state index contributed by atoms with van der Waals surface area (Å²) in [6, 6.07) is 28.3. The van der Waals surface area contributed by atoms with Gasteiger partial charge >= 0.3 is 0 Å². The fourth-order valence-electron chi connectivity index (χ4n) is 5.35. The average Bonchev–Trinajstić information content (AvgIpc) is 3.86. The Hall–Kier alpha value is -5.57. The summed E-state index contributed by atoms with van der Waals surface area (Å²) >= 11 is 1.68. The molecule has 0 unspecified atom stereocenters. The molecular formula is C41H34N8RuS. The molecule has 0 fully saturated rings. The van der Waals surface area contributed by atoms with Crippen LogP contribution in [0.5, 0.6) is 0 Å². The second kappa shape index (κ2) is 16.0. The molecular weight excluding hydrogens is 738 g/mol. The van der Waals surface area contributed by atoms with E-state index in [1.807, 2.05) is 119 Å². The number of benzene rings is 1. The van der Waals surface area contributed by atoms with Crippen LogP contribution in [-0.2, 0) is 19.5 Å². The topological polar surface area (TPSA) is 106 Å². The van der Waals surface area contributed by atoms with Crippen molar-refractivity contribution in [3.8, 4) is 33.5 Å². The SMILES string of the molecule is Cc1ccc(-c2ccc(C)cn2)nc1.Cc1ccc(-c2ccc(C)cn2)nc1.[Ru].c1csc(-c2nc3c4cccnc4c4ncccc4c3[nH]2)c1. The molecule has 1 N–H and O–H groups in total. The van der Waals surface area contributed by atoms with Crippen molar-refractivity contribution in [2.45, 2.75) is 27.7 Å². The van der Waals surface area contributed by atoms with Crippen molar-refractivity contribution >= 4 is 44.2 Å². The quantitative estimate of drug-likeness (QED) is 0.141. The molecule has 0 spiro atoms. The van der Waals surface area contributed by atoms with E-state index in [0.717, 1.165) is 66.3 Å². The van der Waals surface area contributed by atoms with Crippen LogP contribution in [0, 0.1) is 27.7 Å². The van der Waals surface area contributed by atoms with Gasteiger partial charge < -0.3 is 4.98 Å². The van der Waals surface area contributed by atoms with E-state index in [2.05, 4.69) is 58.5 Å². The molecule has 1 aromatic carbocycles. The molecule has 0 aliphatic heterocycles. The molecule has 252 valence electrons. The van der Waals surface area contributed by atoms with Crippen molar-refractivity contribution in [3.05, 3.63) is 150 Å². The second-order valence-electron chi connectivity index (χ2n) is 12.0. The molecule has 0 aliphatic carbocycles. The molecule has 0 saturated carbocycles. The molecule has 9 rings (SSSR count). The first-order valence-electron chi connectivity index (χ1n) is 16.2. The number of hydrogen-bond acceptors (Lipinski definition) is 8. The molecule has 0 saturated heterocycles. The first kappa shape index (κ1) is 35.3. The third-order valence-electron chi connectivity index (χ3n) is 7.99. The number of aromatic amines is 1. The van der Waals surface area contributed by atoms with Gasteiger partial charge in [0.2, 0.25) is 0 Å². The Balaban J connectivity index is 0.000000137. The molecule has 0 atom stereocenters. The molecule has 8 heterocycles. The number of fused-ring (bicyclic) bond motifs is 6. The molecule has 0 radical (unpaired) electrons. The molecule has 10 heteroatoms. The third-order valence-corrected chi connectivity index (χ3v) is 8.87.